The van der Waals surface area contributed by atoms with Gasteiger partial charge < -0.3 is 4.90 Å². The Bertz CT molecular complexity index is 271. The molecule has 1 aliphatic heterocycles. The molecule has 1 N–H and O–H groups in total. The van der Waals surface area contributed by atoms with Gasteiger partial charge >= 0.3 is 0 Å². The highest BCUT2D eigenvalue weighted by atomic mass is 15.2. The number of nitrogens with zero attached hydrogens (tertiary/aromatic N) is 2. The Morgan fingerprint density at radius 3 is 2.69 bits per heavy atom. The van der Waals surface area contributed by atoms with Crippen molar-refractivity contribution in [1.29, 1.82) is 0 Å². The van der Waals surface area contributed by atoms with Crippen molar-refractivity contribution < 1.29 is 4.68 Å². The molecule has 3 nitrogen and oxygen atoms in total. The molecule has 2 heterocycles. The van der Waals surface area contributed by atoms with Crippen molar-refractivity contribution in [3.63, 3.8) is 0 Å². The molecule has 0 aliphatic carbocycles. The van der Waals surface area contributed by atoms with Crippen LogP contribution < -0.4 is 4.68 Å². The van der Waals surface area contributed by atoms with Gasteiger partial charge in [0.05, 0.1) is 5.69 Å². The van der Waals surface area contributed by atoms with Gasteiger partial charge in [0.15, 0.2) is 13.2 Å². The van der Waals surface area contributed by atoms with E-state index >= 15 is 0 Å². The molecule has 1 saturated heterocycles. The maximum absolute atomic E-state index is 3.36. The maximum Gasteiger partial charge on any atom is 0.195 e. The number of hydrogen-bond acceptors (Lipinski definition) is 1. The lowest BCUT2D eigenvalue weighted by molar-refractivity contribution is -0.727. The predicted octanol–water partition coefficient (Wildman–Crippen LogP) is 0.648. The first-order valence-corrected chi connectivity index (χ1v) is 4.99. The second kappa shape index (κ2) is 3.50. The Hall–Kier alpha value is -0.830. The fourth-order valence-corrected chi connectivity index (χ4v) is 2.02. The molecule has 3 heteroatoms. The van der Waals surface area contributed by atoms with Crippen LogP contribution in [0.2, 0.25) is 0 Å². The number of aromatic amines is 1. The van der Waals surface area contributed by atoms with Gasteiger partial charge in [-0.25, -0.2) is 0 Å². The third-order valence-electron chi connectivity index (χ3n) is 2.94. The van der Waals surface area contributed by atoms with Crippen LogP contribution in [0.3, 0.4) is 0 Å². The van der Waals surface area contributed by atoms with Gasteiger partial charge in [0.1, 0.15) is 0 Å². The molecule has 0 amide bonds. The highest BCUT2D eigenvalue weighted by Gasteiger charge is 2.20. The van der Waals surface area contributed by atoms with Crippen LogP contribution in [0.4, 0.5) is 0 Å². The minimum Gasteiger partial charge on any atom is -0.306 e. The normalized spacial score (nSPS) is 20.8. The molecule has 72 valence electrons. The number of nitrogens with one attached hydrogen (secondary N) is 1. The average Bonchev–Trinajstić information content (AvgIpc) is 2.53. The first-order chi connectivity index (χ1) is 6.25. The monoisotopic (exact) mass is 180 g/mol. The second-order valence-corrected chi connectivity index (χ2v) is 4.07. The van der Waals surface area contributed by atoms with E-state index in [4.69, 9.17) is 0 Å². The summed E-state index contributed by atoms with van der Waals surface area (Å²) in [4.78, 5) is 2.40. The van der Waals surface area contributed by atoms with Crippen LogP contribution in [0.1, 0.15) is 24.5 Å². The lowest BCUT2D eigenvalue weighted by Crippen LogP contribution is -2.32. The van der Waals surface area contributed by atoms with Gasteiger partial charge in [-0.15, -0.1) is 4.68 Å². The Labute approximate surface area is 79.3 Å². The van der Waals surface area contributed by atoms with Gasteiger partial charge in [-0.2, -0.15) is 5.10 Å². The zero-order chi connectivity index (χ0) is 9.26. The summed E-state index contributed by atoms with van der Waals surface area (Å²) < 4.78 is 2.02. The molecule has 0 atom stereocenters. The van der Waals surface area contributed by atoms with Gasteiger partial charge in [0.2, 0.25) is 0 Å². The summed E-state index contributed by atoms with van der Waals surface area (Å²) in [7, 11) is 4.24. The van der Waals surface area contributed by atoms with Crippen molar-refractivity contribution in [2.75, 3.05) is 20.1 Å². The third kappa shape index (κ3) is 1.91. The second-order valence-electron chi connectivity index (χ2n) is 4.07. The van der Waals surface area contributed by atoms with Crippen molar-refractivity contribution in [1.82, 2.24) is 10.00 Å². The van der Waals surface area contributed by atoms with Crippen molar-refractivity contribution in [3.05, 3.63) is 18.0 Å². The van der Waals surface area contributed by atoms with Gasteiger partial charge in [-0.3, -0.25) is 0 Å². The maximum atomic E-state index is 3.36. The Kier molecular flexibility index (Phi) is 2.36. The molecule has 1 aliphatic rings. The Morgan fingerprint density at radius 2 is 2.15 bits per heavy atom. The Morgan fingerprint density at radius 1 is 1.46 bits per heavy atom. The zero-order valence-corrected chi connectivity index (χ0v) is 8.45. The van der Waals surface area contributed by atoms with Crippen molar-refractivity contribution in [2.24, 2.45) is 7.05 Å². The lowest BCUT2D eigenvalue weighted by Gasteiger charge is -2.27. The highest BCUT2D eigenvalue weighted by Crippen LogP contribution is 2.24. The van der Waals surface area contributed by atoms with Crippen molar-refractivity contribution in [2.45, 2.75) is 18.8 Å². The Balaban J connectivity index is 2.02. The van der Waals surface area contributed by atoms with E-state index < -0.39 is 0 Å². The fourth-order valence-electron chi connectivity index (χ4n) is 2.02. The summed E-state index contributed by atoms with van der Waals surface area (Å²) in [6, 6.07) is 2.20. The molecule has 1 aromatic heterocycles. The largest absolute Gasteiger partial charge is 0.306 e. The van der Waals surface area contributed by atoms with Crippen LogP contribution in [-0.4, -0.2) is 30.1 Å². The molecule has 0 spiro atoms. The summed E-state index contributed by atoms with van der Waals surface area (Å²) in [5.41, 5.74) is 1.40. The fraction of sp³-hybridized carbons (Fsp3) is 0.700. The quantitative estimate of drug-likeness (QED) is 0.630. The number of rotatable bonds is 1. The summed E-state index contributed by atoms with van der Waals surface area (Å²) >= 11 is 0. The number of likely N-dealkylation sites (tertiary alicyclic amines) is 1. The molecule has 1 aromatic rings. The van der Waals surface area contributed by atoms with E-state index in [0.717, 1.165) is 5.92 Å². The molecule has 0 saturated carbocycles. The smallest absolute Gasteiger partial charge is 0.195 e. The summed E-state index contributed by atoms with van der Waals surface area (Å²) in [5.74, 6) is 0.748. The molecule has 0 radical (unpaired) electrons. The van der Waals surface area contributed by atoms with E-state index in [9.17, 15) is 0 Å². The number of aryl methyl sites for hydroxylation is 1. The van der Waals surface area contributed by atoms with Crippen LogP contribution in [0.5, 0.6) is 0 Å². The molecule has 0 unspecified atom stereocenters. The number of piperidine rings is 1. The molecule has 0 bridgehead atoms. The highest BCUT2D eigenvalue weighted by molar-refractivity contribution is 5.04. The van der Waals surface area contributed by atoms with E-state index in [1.165, 1.54) is 31.6 Å². The zero-order valence-electron chi connectivity index (χ0n) is 8.45. The predicted molar refractivity (Wildman–Crippen MR) is 51.4 cm³/mol. The van der Waals surface area contributed by atoms with Crippen LogP contribution in [0.15, 0.2) is 12.3 Å². The lowest BCUT2D eigenvalue weighted by atomic mass is 9.94. The third-order valence-corrected chi connectivity index (χ3v) is 2.94. The topological polar surface area (TPSA) is 22.9 Å². The molecule has 13 heavy (non-hydrogen) atoms. The van der Waals surface area contributed by atoms with E-state index in [1.807, 2.05) is 11.7 Å². The first kappa shape index (κ1) is 8.75. The minimum atomic E-state index is 0.748. The summed E-state index contributed by atoms with van der Waals surface area (Å²) in [6.07, 6.45) is 4.67. The van der Waals surface area contributed by atoms with E-state index in [0.29, 0.717) is 0 Å². The van der Waals surface area contributed by atoms with Crippen molar-refractivity contribution >= 4 is 0 Å². The van der Waals surface area contributed by atoms with Crippen molar-refractivity contribution in [3.8, 4) is 0 Å². The number of aromatic nitrogens is 2. The SMILES string of the molecule is CN1CCC(c2cc[n+](C)[nH]2)CC1. The van der Waals surface area contributed by atoms with Gasteiger partial charge in [0, 0.05) is 12.0 Å². The first-order valence-electron chi connectivity index (χ1n) is 4.99. The average molecular weight is 180 g/mol. The van der Waals surface area contributed by atoms with Crippen LogP contribution in [-0.2, 0) is 7.05 Å². The van der Waals surface area contributed by atoms with Gasteiger partial charge in [-0.1, -0.05) is 0 Å². The molecule has 0 aromatic carbocycles. The summed E-state index contributed by atoms with van der Waals surface area (Å²) in [5, 5.41) is 3.36. The minimum absolute atomic E-state index is 0.748. The van der Waals surface area contributed by atoms with Crippen LogP contribution in [0.25, 0.3) is 0 Å². The number of hydrogen-bond donors (Lipinski definition) is 1. The molecule has 2 rings (SSSR count). The molecular weight excluding hydrogens is 162 g/mol. The van der Waals surface area contributed by atoms with E-state index in [1.54, 1.807) is 0 Å². The summed E-state index contributed by atoms with van der Waals surface area (Å²) in [6.45, 7) is 2.46. The van der Waals surface area contributed by atoms with Crippen LogP contribution in [0, 0.1) is 0 Å². The van der Waals surface area contributed by atoms with Gasteiger partial charge in [-0.05, 0) is 33.0 Å². The van der Waals surface area contributed by atoms with Gasteiger partial charge in [0.25, 0.3) is 0 Å². The number of H-pyrrole nitrogens is 1. The molecule has 1 fully saturated rings. The van der Waals surface area contributed by atoms with E-state index in [2.05, 4.69) is 29.3 Å². The molecular formula is C10H18N3+. The van der Waals surface area contributed by atoms with E-state index in [-0.39, 0.29) is 0 Å². The van der Waals surface area contributed by atoms with Crippen LogP contribution >= 0.6 is 0 Å². The standard InChI is InChI=1S/C10H17N3/c1-12-6-3-9(4-7-12)10-5-8-13(2)11-10/h5,8-9H,3-4,6-7H2,1-2H3/p+1.